The fourth-order valence-corrected chi connectivity index (χ4v) is 4.00. The van der Waals surface area contributed by atoms with Gasteiger partial charge in [0.15, 0.2) is 11.0 Å². The molecule has 11 heteroatoms. The summed E-state index contributed by atoms with van der Waals surface area (Å²) in [5.74, 6) is 1.02. The molecule has 1 N–H and O–H groups in total. The van der Waals surface area contributed by atoms with E-state index in [0.29, 0.717) is 39.4 Å². The number of amides is 1. The summed E-state index contributed by atoms with van der Waals surface area (Å²) in [5.41, 5.74) is 2.56. The topological polar surface area (TPSA) is 95.1 Å². The molecule has 0 radical (unpaired) electrons. The summed E-state index contributed by atoms with van der Waals surface area (Å²) in [6.45, 7) is 2.93. The Morgan fingerprint density at radius 2 is 1.97 bits per heavy atom. The lowest BCUT2D eigenvalue weighted by molar-refractivity contribution is 0.0720. The standard InChI is InChI=1S/C21H19F2N5O3S/c1-11-16(13(3)31-27-11)10-30-15-6-4-14(5-7-15)19(29)26-21-25-12(2)17(32-21)18-24-8-9-28(18)20(22)23/h4-9,20H,10H2,1-3H3,(H,25,26,29). The number of hydrogen-bond acceptors (Lipinski definition) is 7. The highest BCUT2D eigenvalue weighted by molar-refractivity contribution is 7.19. The average Bonchev–Trinajstić information content (AvgIpc) is 3.46. The summed E-state index contributed by atoms with van der Waals surface area (Å²) in [6.07, 6.45) is 2.50. The van der Waals surface area contributed by atoms with Gasteiger partial charge < -0.3 is 9.26 Å². The van der Waals surface area contributed by atoms with Gasteiger partial charge in [-0.15, -0.1) is 0 Å². The van der Waals surface area contributed by atoms with Crippen LogP contribution < -0.4 is 10.1 Å². The van der Waals surface area contributed by atoms with E-state index in [1.807, 2.05) is 13.8 Å². The zero-order valence-corrected chi connectivity index (χ0v) is 18.2. The molecule has 32 heavy (non-hydrogen) atoms. The summed E-state index contributed by atoms with van der Waals surface area (Å²) >= 11 is 1.08. The Bertz CT molecular complexity index is 1230. The zero-order chi connectivity index (χ0) is 22.8. The largest absolute Gasteiger partial charge is 0.489 e. The van der Waals surface area contributed by atoms with E-state index in [0.717, 1.165) is 27.2 Å². The molecule has 0 fully saturated rings. The number of hydrogen-bond donors (Lipinski definition) is 1. The molecular formula is C21H19F2N5O3S. The second kappa shape index (κ2) is 8.87. The van der Waals surface area contributed by atoms with Crippen LogP contribution in [0.5, 0.6) is 5.75 Å². The molecule has 1 amide bonds. The lowest BCUT2D eigenvalue weighted by Gasteiger charge is -2.07. The lowest BCUT2D eigenvalue weighted by Crippen LogP contribution is -2.11. The van der Waals surface area contributed by atoms with E-state index in [-0.39, 0.29) is 11.7 Å². The van der Waals surface area contributed by atoms with Gasteiger partial charge in [0, 0.05) is 18.0 Å². The van der Waals surface area contributed by atoms with Gasteiger partial charge in [-0.2, -0.15) is 8.78 Å². The Morgan fingerprint density at radius 3 is 2.62 bits per heavy atom. The van der Waals surface area contributed by atoms with E-state index < -0.39 is 6.55 Å². The van der Waals surface area contributed by atoms with E-state index >= 15 is 0 Å². The van der Waals surface area contributed by atoms with Gasteiger partial charge in [-0.1, -0.05) is 16.5 Å². The van der Waals surface area contributed by atoms with E-state index in [2.05, 4.69) is 20.4 Å². The van der Waals surface area contributed by atoms with Crippen molar-refractivity contribution in [1.29, 1.82) is 0 Å². The minimum atomic E-state index is -2.72. The first-order chi connectivity index (χ1) is 15.3. The SMILES string of the molecule is Cc1nc(NC(=O)c2ccc(OCc3c(C)noc3C)cc2)sc1-c1nccn1C(F)F. The van der Waals surface area contributed by atoms with Crippen LogP contribution in [0.2, 0.25) is 0 Å². The van der Waals surface area contributed by atoms with Crippen molar-refractivity contribution in [3.8, 4) is 16.5 Å². The predicted octanol–water partition coefficient (Wildman–Crippen LogP) is 5.15. The van der Waals surface area contributed by atoms with E-state index in [1.54, 1.807) is 31.2 Å². The Balaban J connectivity index is 1.42. The second-order valence-electron chi connectivity index (χ2n) is 6.94. The zero-order valence-electron chi connectivity index (χ0n) is 17.4. The van der Waals surface area contributed by atoms with Crippen molar-refractivity contribution >= 4 is 22.4 Å². The predicted molar refractivity (Wildman–Crippen MR) is 114 cm³/mol. The Labute approximate surface area is 185 Å². The van der Waals surface area contributed by atoms with E-state index in [9.17, 15) is 13.6 Å². The van der Waals surface area contributed by atoms with Gasteiger partial charge in [0.2, 0.25) is 0 Å². The summed E-state index contributed by atoms with van der Waals surface area (Å²) in [7, 11) is 0. The van der Waals surface area contributed by atoms with Crippen molar-refractivity contribution in [2.24, 2.45) is 0 Å². The van der Waals surface area contributed by atoms with Gasteiger partial charge in [-0.05, 0) is 45.0 Å². The number of thiazole rings is 1. The minimum Gasteiger partial charge on any atom is -0.489 e. The number of nitrogens with zero attached hydrogens (tertiary/aromatic N) is 4. The van der Waals surface area contributed by atoms with Gasteiger partial charge >= 0.3 is 6.55 Å². The van der Waals surface area contributed by atoms with Gasteiger partial charge in [0.05, 0.1) is 21.8 Å². The number of imidazole rings is 1. The first-order valence-electron chi connectivity index (χ1n) is 9.58. The highest BCUT2D eigenvalue weighted by atomic mass is 32.1. The summed E-state index contributed by atoms with van der Waals surface area (Å²) in [6, 6.07) is 6.63. The van der Waals surface area contributed by atoms with Crippen LogP contribution >= 0.6 is 11.3 Å². The number of alkyl halides is 2. The average molecular weight is 459 g/mol. The number of carbonyl (C=O) groups is 1. The van der Waals surface area contributed by atoms with Crippen molar-refractivity contribution in [3.05, 3.63) is 64.9 Å². The number of rotatable bonds is 7. The van der Waals surface area contributed by atoms with Crippen molar-refractivity contribution in [3.63, 3.8) is 0 Å². The van der Waals surface area contributed by atoms with Crippen molar-refractivity contribution in [1.82, 2.24) is 19.7 Å². The maximum atomic E-state index is 13.1. The van der Waals surface area contributed by atoms with Crippen LogP contribution in [0.4, 0.5) is 13.9 Å². The highest BCUT2D eigenvalue weighted by Gasteiger charge is 2.19. The number of aryl methyl sites for hydroxylation is 3. The molecule has 3 heterocycles. The Morgan fingerprint density at radius 1 is 1.22 bits per heavy atom. The number of halogens is 2. The molecule has 0 aliphatic rings. The molecule has 166 valence electrons. The highest BCUT2D eigenvalue weighted by Crippen LogP contribution is 2.33. The molecule has 4 aromatic rings. The second-order valence-corrected chi connectivity index (χ2v) is 7.94. The smallest absolute Gasteiger partial charge is 0.320 e. The molecule has 0 saturated heterocycles. The minimum absolute atomic E-state index is 0.107. The molecule has 0 atom stereocenters. The summed E-state index contributed by atoms with van der Waals surface area (Å²) in [4.78, 5) is 21.3. The normalized spacial score (nSPS) is 11.2. The Hall–Kier alpha value is -3.60. The van der Waals surface area contributed by atoms with Crippen LogP contribution in [0.25, 0.3) is 10.7 Å². The number of carbonyl (C=O) groups excluding carboxylic acids is 1. The maximum Gasteiger partial charge on any atom is 0.320 e. The van der Waals surface area contributed by atoms with Crippen LogP contribution in [-0.2, 0) is 6.61 Å². The van der Waals surface area contributed by atoms with Crippen LogP contribution in [0.1, 0.15) is 39.6 Å². The molecule has 0 bridgehead atoms. The fourth-order valence-electron chi connectivity index (χ4n) is 3.04. The number of ether oxygens (including phenoxy) is 1. The molecular weight excluding hydrogens is 440 g/mol. The molecule has 0 unspecified atom stereocenters. The maximum absolute atomic E-state index is 13.1. The van der Waals surface area contributed by atoms with Crippen LogP contribution in [-0.4, -0.2) is 25.6 Å². The molecule has 0 saturated carbocycles. The molecule has 8 nitrogen and oxygen atoms in total. The van der Waals surface area contributed by atoms with Crippen molar-refractivity contribution < 1.29 is 22.8 Å². The van der Waals surface area contributed by atoms with Crippen LogP contribution in [0, 0.1) is 20.8 Å². The van der Waals surface area contributed by atoms with E-state index in [4.69, 9.17) is 9.26 Å². The number of benzene rings is 1. The monoisotopic (exact) mass is 459 g/mol. The van der Waals surface area contributed by atoms with Gasteiger partial charge in [-0.3, -0.25) is 14.7 Å². The third kappa shape index (κ3) is 4.37. The summed E-state index contributed by atoms with van der Waals surface area (Å²) in [5, 5.41) is 6.89. The fraction of sp³-hybridized carbons (Fsp3) is 0.238. The van der Waals surface area contributed by atoms with Crippen molar-refractivity contribution in [2.45, 2.75) is 33.9 Å². The third-order valence-corrected chi connectivity index (χ3v) is 5.85. The molecule has 0 aliphatic heterocycles. The van der Waals surface area contributed by atoms with Gasteiger partial charge in [0.25, 0.3) is 5.91 Å². The number of aromatic nitrogens is 4. The van der Waals surface area contributed by atoms with Crippen LogP contribution in [0.3, 0.4) is 0 Å². The molecule has 1 aromatic carbocycles. The quantitative estimate of drug-likeness (QED) is 0.411. The Kier molecular flexibility index (Phi) is 5.99. The summed E-state index contributed by atoms with van der Waals surface area (Å²) < 4.78 is 37.9. The first kappa shape index (κ1) is 21.6. The molecule has 4 rings (SSSR count). The lowest BCUT2D eigenvalue weighted by atomic mass is 10.2. The van der Waals surface area contributed by atoms with Gasteiger partial charge in [0.1, 0.15) is 18.1 Å². The number of anilines is 1. The first-order valence-corrected chi connectivity index (χ1v) is 10.4. The molecule has 0 spiro atoms. The third-order valence-electron chi connectivity index (χ3n) is 4.78. The van der Waals surface area contributed by atoms with Crippen LogP contribution in [0.15, 0.2) is 41.2 Å². The molecule has 0 aliphatic carbocycles. The van der Waals surface area contributed by atoms with Gasteiger partial charge in [-0.25, -0.2) is 9.97 Å². The molecule has 3 aromatic heterocycles. The van der Waals surface area contributed by atoms with Crippen molar-refractivity contribution in [2.75, 3.05) is 5.32 Å². The van der Waals surface area contributed by atoms with E-state index in [1.165, 1.54) is 12.4 Å². The number of nitrogens with one attached hydrogen (secondary N) is 1.